The number of hydrogen-bond donors (Lipinski definition) is 1. The molecule has 1 aliphatic heterocycles. The molecule has 1 aromatic carbocycles. The van der Waals surface area contributed by atoms with Crippen LogP contribution in [-0.2, 0) is 20.0 Å². The van der Waals surface area contributed by atoms with E-state index >= 15 is 0 Å². The van der Waals surface area contributed by atoms with E-state index in [1.807, 2.05) is 43.6 Å². The monoisotopic (exact) mass is 386 g/mol. The van der Waals surface area contributed by atoms with Gasteiger partial charge in [-0.1, -0.05) is 19.6 Å². The first-order chi connectivity index (χ1) is 13.6. The Balaban J connectivity index is 0.00000205. The Labute approximate surface area is 170 Å². The lowest BCUT2D eigenvalue weighted by Gasteiger charge is -2.14. The van der Waals surface area contributed by atoms with E-state index in [2.05, 4.69) is 34.0 Å². The van der Waals surface area contributed by atoms with Gasteiger partial charge in [-0.05, 0) is 42.3 Å². The van der Waals surface area contributed by atoms with Crippen molar-refractivity contribution >= 4 is 10.9 Å². The number of rotatable bonds is 2. The molecule has 0 bridgehead atoms. The van der Waals surface area contributed by atoms with Crippen LogP contribution in [0.4, 0.5) is 0 Å². The van der Waals surface area contributed by atoms with Gasteiger partial charge in [0.15, 0.2) is 0 Å². The van der Waals surface area contributed by atoms with Gasteiger partial charge in [-0.15, -0.1) is 0 Å². The molecule has 0 atom stereocenters. The molecule has 0 radical (unpaired) electrons. The maximum atomic E-state index is 12.8. The fourth-order valence-corrected chi connectivity index (χ4v) is 4.15. The molecule has 3 aromatic heterocycles. The molecular weight excluding hydrogens is 360 g/mol. The van der Waals surface area contributed by atoms with Crippen LogP contribution in [0.5, 0.6) is 0 Å². The summed E-state index contributed by atoms with van der Waals surface area (Å²) in [4.78, 5) is 17.1. The molecule has 5 nitrogen and oxygen atoms in total. The van der Waals surface area contributed by atoms with Crippen LogP contribution in [-0.4, -0.2) is 20.7 Å². The summed E-state index contributed by atoms with van der Waals surface area (Å²) in [5.74, 6) is 0. The lowest BCUT2D eigenvalue weighted by Crippen LogP contribution is -2.24. The minimum Gasteiger partial charge on any atom is -0.347 e. The first-order valence-electron chi connectivity index (χ1n) is 9.59. The van der Waals surface area contributed by atoms with Crippen LogP contribution in [0.25, 0.3) is 27.7 Å². The second-order valence-corrected chi connectivity index (χ2v) is 7.42. The molecule has 4 heterocycles. The van der Waals surface area contributed by atoms with E-state index in [0.29, 0.717) is 0 Å². The van der Waals surface area contributed by atoms with E-state index in [1.54, 1.807) is 10.6 Å². The molecule has 0 aliphatic carbocycles. The maximum Gasteiger partial charge on any atom is 0.255 e. The van der Waals surface area contributed by atoms with Gasteiger partial charge in [-0.3, -0.25) is 14.3 Å². The van der Waals surface area contributed by atoms with Crippen LogP contribution >= 0.6 is 0 Å². The number of aromatic nitrogens is 3. The van der Waals surface area contributed by atoms with Gasteiger partial charge in [0, 0.05) is 67.4 Å². The molecule has 4 aromatic rings. The van der Waals surface area contributed by atoms with Gasteiger partial charge in [-0.2, -0.15) is 0 Å². The SMILES string of the molecule is C.Cc1ccc(-c2ccn(-c3ccc4c5c(n(C)c4c3)CCNC5)c(=O)c2)cn1. The number of nitrogens with one attached hydrogen (secondary N) is 1. The molecule has 0 saturated heterocycles. The van der Waals surface area contributed by atoms with Crippen LogP contribution in [0, 0.1) is 6.92 Å². The highest BCUT2D eigenvalue weighted by atomic mass is 16.1. The van der Waals surface area contributed by atoms with Crippen molar-refractivity contribution in [2.75, 3.05) is 6.54 Å². The van der Waals surface area contributed by atoms with Crippen LogP contribution in [0.1, 0.15) is 24.4 Å². The van der Waals surface area contributed by atoms with E-state index in [4.69, 9.17) is 0 Å². The van der Waals surface area contributed by atoms with Crippen molar-refractivity contribution < 1.29 is 0 Å². The number of nitrogens with zero attached hydrogens (tertiary/aromatic N) is 3. The van der Waals surface area contributed by atoms with Crippen LogP contribution in [0.3, 0.4) is 0 Å². The molecule has 148 valence electrons. The first-order valence-corrected chi connectivity index (χ1v) is 9.59. The molecule has 5 heteroatoms. The lowest BCUT2D eigenvalue weighted by molar-refractivity contribution is 0.622. The Morgan fingerprint density at radius 3 is 2.69 bits per heavy atom. The van der Waals surface area contributed by atoms with E-state index in [1.165, 1.54) is 22.2 Å². The second kappa shape index (κ2) is 7.33. The van der Waals surface area contributed by atoms with Crippen molar-refractivity contribution in [1.29, 1.82) is 0 Å². The van der Waals surface area contributed by atoms with E-state index < -0.39 is 0 Å². The fourth-order valence-electron chi connectivity index (χ4n) is 4.15. The molecule has 1 aliphatic rings. The standard InChI is InChI=1S/C23H22N4O.CH4/c1-15-3-4-17(13-25-15)16-8-10-27(23(28)11-16)18-5-6-19-20-14-24-9-7-21(20)26(2)22(19)12-18;/h3-6,8,10-13,24H,7,9,14H2,1-2H3;1H4. The zero-order valence-electron chi connectivity index (χ0n) is 16.1. The van der Waals surface area contributed by atoms with Gasteiger partial charge in [0.1, 0.15) is 0 Å². The molecule has 5 rings (SSSR count). The number of pyridine rings is 2. The molecule has 29 heavy (non-hydrogen) atoms. The summed E-state index contributed by atoms with van der Waals surface area (Å²) in [5.41, 5.74) is 7.58. The molecule has 0 amide bonds. The number of hydrogen-bond acceptors (Lipinski definition) is 3. The van der Waals surface area contributed by atoms with Crippen molar-refractivity contribution in [3.8, 4) is 16.8 Å². The maximum absolute atomic E-state index is 12.8. The largest absolute Gasteiger partial charge is 0.347 e. The molecular formula is C24H26N4O. The Morgan fingerprint density at radius 2 is 1.93 bits per heavy atom. The van der Waals surface area contributed by atoms with Gasteiger partial charge >= 0.3 is 0 Å². The van der Waals surface area contributed by atoms with Crippen LogP contribution in [0.15, 0.2) is 59.7 Å². The zero-order chi connectivity index (χ0) is 19.3. The summed E-state index contributed by atoms with van der Waals surface area (Å²) in [6.07, 6.45) is 4.70. The highest BCUT2D eigenvalue weighted by Crippen LogP contribution is 2.29. The van der Waals surface area contributed by atoms with Crippen molar-refractivity contribution in [1.82, 2.24) is 19.4 Å². The van der Waals surface area contributed by atoms with Crippen LogP contribution in [0.2, 0.25) is 0 Å². The molecule has 0 fully saturated rings. The molecule has 0 unspecified atom stereocenters. The first kappa shape index (κ1) is 19.2. The average molecular weight is 386 g/mol. The van der Waals surface area contributed by atoms with Gasteiger partial charge in [-0.25, -0.2) is 0 Å². The van der Waals surface area contributed by atoms with Crippen LogP contribution < -0.4 is 10.9 Å². The third kappa shape index (κ3) is 3.17. The molecule has 0 spiro atoms. The highest BCUT2D eigenvalue weighted by molar-refractivity contribution is 5.87. The molecule has 0 saturated carbocycles. The summed E-state index contributed by atoms with van der Waals surface area (Å²) < 4.78 is 3.97. The van der Waals surface area contributed by atoms with Crippen molar-refractivity contribution in [3.63, 3.8) is 0 Å². The summed E-state index contributed by atoms with van der Waals surface area (Å²) in [5, 5.41) is 4.72. The average Bonchev–Trinajstić information content (AvgIpc) is 3.01. The minimum absolute atomic E-state index is 0. The van der Waals surface area contributed by atoms with Crippen molar-refractivity contribution in [2.24, 2.45) is 7.05 Å². The summed E-state index contributed by atoms with van der Waals surface area (Å²) in [6, 6.07) is 13.9. The summed E-state index contributed by atoms with van der Waals surface area (Å²) in [7, 11) is 2.12. The Kier molecular flexibility index (Phi) is 4.84. The quantitative estimate of drug-likeness (QED) is 0.567. The predicted molar refractivity (Wildman–Crippen MR) is 119 cm³/mol. The van der Waals surface area contributed by atoms with E-state index in [9.17, 15) is 4.79 Å². The van der Waals surface area contributed by atoms with Gasteiger partial charge in [0.25, 0.3) is 5.56 Å². The van der Waals surface area contributed by atoms with E-state index in [-0.39, 0.29) is 13.0 Å². The predicted octanol–water partition coefficient (Wildman–Crippen LogP) is 3.98. The van der Waals surface area contributed by atoms with Gasteiger partial charge < -0.3 is 9.88 Å². The van der Waals surface area contributed by atoms with Crippen molar-refractivity contribution in [3.05, 3.63) is 82.2 Å². The topological polar surface area (TPSA) is 51.9 Å². The lowest BCUT2D eigenvalue weighted by atomic mass is 10.1. The molecule has 1 N–H and O–H groups in total. The van der Waals surface area contributed by atoms with Gasteiger partial charge in [0.05, 0.1) is 11.2 Å². The normalized spacial score (nSPS) is 13.2. The Bertz CT molecular complexity index is 1250. The van der Waals surface area contributed by atoms with E-state index in [0.717, 1.165) is 42.0 Å². The number of benzene rings is 1. The second-order valence-electron chi connectivity index (χ2n) is 7.42. The summed E-state index contributed by atoms with van der Waals surface area (Å²) in [6.45, 7) is 3.87. The zero-order valence-corrected chi connectivity index (χ0v) is 16.1. The van der Waals surface area contributed by atoms with Crippen molar-refractivity contribution in [2.45, 2.75) is 27.3 Å². The minimum atomic E-state index is -0.0435. The Morgan fingerprint density at radius 1 is 1.07 bits per heavy atom. The highest BCUT2D eigenvalue weighted by Gasteiger charge is 2.18. The van der Waals surface area contributed by atoms with Gasteiger partial charge in [0.2, 0.25) is 0 Å². The fraction of sp³-hybridized carbons (Fsp3) is 0.250. The summed E-state index contributed by atoms with van der Waals surface area (Å²) >= 11 is 0. The number of fused-ring (bicyclic) bond motifs is 3. The number of aryl methyl sites for hydroxylation is 2. The Hall–Kier alpha value is -3.18. The third-order valence-corrected chi connectivity index (χ3v) is 5.70. The smallest absolute Gasteiger partial charge is 0.255 e. The third-order valence-electron chi connectivity index (χ3n) is 5.70.